The molecular formula is C20H22ClF2N3O. The molecule has 0 bridgehead atoms. The molecule has 1 aliphatic rings. The smallest absolute Gasteiger partial charge is 0.317 e. The number of benzene rings is 2. The Bertz CT molecular complexity index is 818. The van der Waals surface area contributed by atoms with Gasteiger partial charge in [0.15, 0.2) is 11.6 Å². The molecule has 1 unspecified atom stereocenters. The molecule has 4 nitrogen and oxygen atoms in total. The maximum Gasteiger partial charge on any atom is 0.317 e. The topological polar surface area (TPSA) is 35.6 Å². The second-order valence-corrected chi connectivity index (χ2v) is 7.24. The van der Waals surface area contributed by atoms with Gasteiger partial charge in [-0.1, -0.05) is 29.8 Å². The Labute approximate surface area is 162 Å². The van der Waals surface area contributed by atoms with Crippen LogP contribution < -0.4 is 10.2 Å². The van der Waals surface area contributed by atoms with Crippen molar-refractivity contribution in [3.63, 3.8) is 0 Å². The molecule has 1 fully saturated rings. The van der Waals surface area contributed by atoms with Crippen LogP contribution in [0, 0.1) is 17.6 Å². The summed E-state index contributed by atoms with van der Waals surface area (Å²) in [4.78, 5) is 15.9. The Hall–Kier alpha value is -2.34. The molecule has 1 aliphatic heterocycles. The SMILES string of the molecule is CN(Cc1ccccc1Cl)C(=O)NCC1CCN(c2ccc(F)c(F)c2)C1. The summed E-state index contributed by atoms with van der Waals surface area (Å²) in [5, 5.41) is 3.57. The Balaban J connectivity index is 1.48. The van der Waals surface area contributed by atoms with E-state index in [-0.39, 0.29) is 11.9 Å². The molecular weight excluding hydrogens is 372 g/mol. The summed E-state index contributed by atoms with van der Waals surface area (Å²) < 4.78 is 26.5. The number of amides is 2. The summed E-state index contributed by atoms with van der Waals surface area (Å²) in [6.45, 7) is 2.41. The lowest BCUT2D eigenvalue weighted by Gasteiger charge is -2.21. The molecule has 27 heavy (non-hydrogen) atoms. The van der Waals surface area contributed by atoms with Crippen molar-refractivity contribution in [3.05, 3.63) is 64.7 Å². The average molecular weight is 394 g/mol. The Kier molecular flexibility index (Phi) is 6.16. The van der Waals surface area contributed by atoms with Gasteiger partial charge >= 0.3 is 6.03 Å². The lowest BCUT2D eigenvalue weighted by Crippen LogP contribution is -2.39. The largest absolute Gasteiger partial charge is 0.371 e. The molecule has 0 saturated carbocycles. The maximum absolute atomic E-state index is 13.4. The minimum Gasteiger partial charge on any atom is -0.371 e. The van der Waals surface area contributed by atoms with Gasteiger partial charge < -0.3 is 15.1 Å². The van der Waals surface area contributed by atoms with Crippen molar-refractivity contribution < 1.29 is 13.6 Å². The van der Waals surface area contributed by atoms with E-state index >= 15 is 0 Å². The van der Waals surface area contributed by atoms with Gasteiger partial charge in [-0.25, -0.2) is 13.6 Å². The molecule has 2 aromatic carbocycles. The van der Waals surface area contributed by atoms with Crippen LogP contribution in [0.25, 0.3) is 0 Å². The molecule has 0 aliphatic carbocycles. The van der Waals surface area contributed by atoms with Crippen molar-refractivity contribution in [3.8, 4) is 0 Å². The Morgan fingerprint density at radius 2 is 2.04 bits per heavy atom. The number of nitrogens with zero attached hydrogens (tertiary/aromatic N) is 2. The number of anilines is 1. The summed E-state index contributed by atoms with van der Waals surface area (Å²) in [5.41, 5.74) is 1.56. The molecule has 1 atom stereocenters. The highest BCUT2D eigenvalue weighted by atomic mass is 35.5. The first-order valence-corrected chi connectivity index (χ1v) is 9.24. The molecule has 2 amide bonds. The van der Waals surface area contributed by atoms with Crippen LogP contribution in [0.5, 0.6) is 0 Å². The number of rotatable bonds is 5. The third kappa shape index (κ3) is 4.89. The number of urea groups is 1. The highest BCUT2D eigenvalue weighted by Gasteiger charge is 2.24. The van der Waals surface area contributed by atoms with Gasteiger partial charge in [0.05, 0.1) is 0 Å². The zero-order chi connectivity index (χ0) is 19.4. The van der Waals surface area contributed by atoms with Crippen molar-refractivity contribution in [2.45, 2.75) is 13.0 Å². The highest BCUT2D eigenvalue weighted by molar-refractivity contribution is 6.31. The van der Waals surface area contributed by atoms with E-state index < -0.39 is 11.6 Å². The van der Waals surface area contributed by atoms with Crippen LogP contribution in [-0.4, -0.2) is 37.6 Å². The quantitative estimate of drug-likeness (QED) is 0.822. The molecule has 144 valence electrons. The van der Waals surface area contributed by atoms with Gasteiger partial charge in [0, 0.05) is 50.0 Å². The van der Waals surface area contributed by atoms with E-state index in [1.54, 1.807) is 24.1 Å². The molecule has 1 saturated heterocycles. The standard InChI is InChI=1S/C20H22ClF2N3O/c1-25(13-15-4-2-3-5-17(15)21)20(27)24-11-14-8-9-26(12-14)16-6-7-18(22)19(23)10-16/h2-7,10,14H,8-9,11-13H2,1H3,(H,24,27). The fraction of sp³-hybridized carbons (Fsp3) is 0.350. The van der Waals surface area contributed by atoms with E-state index in [2.05, 4.69) is 5.32 Å². The highest BCUT2D eigenvalue weighted by Crippen LogP contribution is 2.25. The number of hydrogen-bond donors (Lipinski definition) is 1. The molecule has 0 radical (unpaired) electrons. The van der Waals surface area contributed by atoms with Crippen LogP contribution in [0.15, 0.2) is 42.5 Å². The van der Waals surface area contributed by atoms with Gasteiger partial charge in [-0.05, 0) is 36.1 Å². The van der Waals surface area contributed by atoms with Gasteiger partial charge in [0.25, 0.3) is 0 Å². The fourth-order valence-electron chi connectivity index (χ4n) is 3.24. The third-order valence-electron chi connectivity index (χ3n) is 4.81. The zero-order valence-corrected chi connectivity index (χ0v) is 15.8. The lowest BCUT2D eigenvalue weighted by atomic mass is 10.1. The van der Waals surface area contributed by atoms with Crippen molar-refractivity contribution in [1.29, 1.82) is 0 Å². The summed E-state index contributed by atoms with van der Waals surface area (Å²) >= 11 is 6.13. The normalized spacial score (nSPS) is 16.4. The van der Waals surface area contributed by atoms with Gasteiger partial charge in [-0.15, -0.1) is 0 Å². The molecule has 1 heterocycles. The number of halogens is 3. The van der Waals surface area contributed by atoms with E-state index in [0.717, 1.165) is 24.6 Å². The third-order valence-corrected chi connectivity index (χ3v) is 5.18. The summed E-state index contributed by atoms with van der Waals surface area (Å²) in [6.07, 6.45) is 0.882. The van der Waals surface area contributed by atoms with E-state index in [1.807, 2.05) is 23.1 Å². The van der Waals surface area contributed by atoms with E-state index in [9.17, 15) is 13.6 Å². The lowest BCUT2D eigenvalue weighted by molar-refractivity contribution is 0.205. The predicted molar refractivity (Wildman–Crippen MR) is 103 cm³/mol. The van der Waals surface area contributed by atoms with Crippen LogP contribution in [-0.2, 0) is 6.54 Å². The minimum atomic E-state index is -0.844. The summed E-state index contributed by atoms with van der Waals surface area (Å²) in [5.74, 6) is -1.43. The number of carbonyl (C=O) groups excluding carboxylic acids is 1. The molecule has 0 spiro atoms. The van der Waals surface area contributed by atoms with Crippen LogP contribution >= 0.6 is 11.6 Å². The second kappa shape index (κ2) is 8.57. The van der Waals surface area contributed by atoms with Crippen LogP contribution in [0.2, 0.25) is 5.02 Å². The number of hydrogen-bond acceptors (Lipinski definition) is 2. The first kappa shape index (κ1) is 19.4. The van der Waals surface area contributed by atoms with Gasteiger partial charge in [-0.3, -0.25) is 0 Å². The minimum absolute atomic E-state index is 0.166. The number of carbonyl (C=O) groups is 1. The van der Waals surface area contributed by atoms with E-state index in [0.29, 0.717) is 30.3 Å². The number of nitrogens with one attached hydrogen (secondary N) is 1. The van der Waals surface area contributed by atoms with Crippen molar-refractivity contribution in [2.24, 2.45) is 5.92 Å². The first-order chi connectivity index (χ1) is 12.9. The van der Waals surface area contributed by atoms with Crippen molar-refractivity contribution >= 4 is 23.3 Å². The monoisotopic (exact) mass is 393 g/mol. The fourth-order valence-corrected chi connectivity index (χ4v) is 3.43. The van der Waals surface area contributed by atoms with Gasteiger partial charge in [0.1, 0.15) is 0 Å². The van der Waals surface area contributed by atoms with Crippen molar-refractivity contribution in [2.75, 3.05) is 31.6 Å². The maximum atomic E-state index is 13.4. The first-order valence-electron chi connectivity index (χ1n) is 8.86. The van der Waals surface area contributed by atoms with Gasteiger partial charge in [0.2, 0.25) is 0 Å². The van der Waals surface area contributed by atoms with E-state index in [4.69, 9.17) is 11.6 Å². The van der Waals surface area contributed by atoms with Crippen LogP contribution in [0.3, 0.4) is 0 Å². The summed E-state index contributed by atoms with van der Waals surface area (Å²) in [7, 11) is 1.72. The Morgan fingerprint density at radius 1 is 1.26 bits per heavy atom. The Morgan fingerprint density at radius 3 is 2.78 bits per heavy atom. The summed E-state index contributed by atoms with van der Waals surface area (Å²) in [6, 6.07) is 11.2. The van der Waals surface area contributed by atoms with Crippen molar-refractivity contribution in [1.82, 2.24) is 10.2 Å². The van der Waals surface area contributed by atoms with E-state index in [1.165, 1.54) is 6.07 Å². The molecule has 0 aromatic heterocycles. The zero-order valence-electron chi connectivity index (χ0n) is 15.1. The van der Waals surface area contributed by atoms with Crippen LogP contribution in [0.4, 0.5) is 19.3 Å². The average Bonchev–Trinajstić information content (AvgIpc) is 3.13. The molecule has 2 aromatic rings. The molecule has 1 N–H and O–H groups in total. The second-order valence-electron chi connectivity index (χ2n) is 6.83. The predicted octanol–water partition coefficient (Wildman–Crippen LogP) is 4.29. The van der Waals surface area contributed by atoms with Crippen LogP contribution in [0.1, 0.15) is 12.0 Å². The molecule has 3 rings (SSSR count). The molecule has 7 heteroatoms. The van der Waals surface area contributed by atoms with Gasteiger partial charge in [-0.2, -0.15) is 0 Å².